The zero-order chi connectivity index (χ0) is 16.1. The van der Waals surface area contributed by atoms with Crippen molar-refractivity contribution in [2.75, 3.05) is 7.05 Å². The van der Waals surface area contributed by atoms with Gasteiger partial charge in [-0.2, -0.15) is 10.2 Å². The third kappa shape index (κ3) is 3.98. The highest BCUT2D eigenvalue weighted by molar-refractivity contribution is 6.31. The molecule has 118 valence electrons. The molecule has 0 fully saturated rings. The highest BCUT2D eigenvalue weighted by atomic mass is 35.5. The van der Waals surface area contributed by atoms with Gasteiger partial charge in [0.05, 0.1) is 17.8 Å². The van der Waals surface area contributed by atoms with Gasteiger partial charge in [0.1, 0.15) is 5.69 Å². The van der Waals surface area contributed by atoms with Crippen LogP contribution in [0.25, 0.3) is 6.08 Å². The molecule has 0 bridgehead atoms. The van der Waals surface area contributed by atoms with E-state index in [1.807, 2.05) is 24.7 Å². The van der Waals surface area contributed by atoms with Crippen LogP contribution in [0.4, 0.5) is 0 Å². The molecule has 0 saturated carbocycles. The van der Waals surface area contributed by atoms with Crippen LogP contribution in [0.2, 0.25) is 5.02 Å². The zero-order valence-corrected chi connectivity index (χ0v) is 13.8. The Labute approximate surface area is 135 Å². The monoisotopic (exact) mass is 321 g/mol. The van der Waals surface area contributed by atoms with Crippen molar-refractivity contribution in [1.82, 2.24) is 24.5 Å². The van der Waals surface area contributed by atoms with E-state index in [0.29, 0.717) is 17.3 Å². The summed E-state index contributed by atoms with van der Waals surface area (Å²) in [6.45, 7) is 5.93. The second-order valence-corrected chi connectivity index (χ2v) is 5.34. The molecule has 0 saturated heterocycles. The maximum Gasteiger partial charge on any atom is 0.246 e. The minimum absolute atomic E-state index is 0.105. The zero-order valence-electron chi connectivity index (χ0n) is 13.0. The summed E-state index contributed by atoms with van der Waals surface area (Å²) in [6, 6.07) is 0. The van der Waals surface area contributed by atoms with Gasteiger partial charge in [-0.15, -0.1) is 0 Å². The largest absolute Gasteiger partial charge is 0.336 e. The molecule has 0 aliphatic carbocycles. The summed E-state index contributed by atoms with van der Waals surface area (Å²) in [6.07, 6.45) is 8.67. The molecule has 0 radical (unpaired) electrons. The minimum atomic E-state index is -0.105. The molecule has 6 nitrogen and oxygen atoms in total. The van der Waals surface area contributed by atoms with Crippen LogP contribution in [0.15, 0.2) is 24.7 Å². The molecular weight excluding hydrogens is 302 g/mol. The first-order chi connectivity index (χ1) is 10.5. The first-order valence-corrected chi connectivity index (χ1v) is 7.58. The number of nitrogens with zero attached hydrogens (tertiary/aromatic N) is 5. The summed E-state index contributed by atoms with van der Waals surface area (Å²) < 4.78 is 3.57. The Morgan fingerprint density at radius 3 is 2.64 bits per heavy atom. The average molecular weight is 322 g/mol. The van der Waals surface area contributed by atoms with Crippen molar-refractivity contribution in [3.05, 3.63) is 40.9 Å². The first kappa shape index (κ1) is 16.3. The number of likely N-dealkylation sites (N-methyl/N-ethyl adjacent to an activating group) is 1. The maximum atomic E-state index is 12.1. The van der Waals surface area contributed by atoms with E-state index in [0.717, 1.165) is 18.7 Å². The summed E-state index contributed by atoms with van der Waals surface area (Å²) in [5.74, 6) is -0.105. The lowest BCUT2D eigenvalue weighted by atomic mass is 10.3. The van der Waals surface area contributed by atoms with Crippen molar-refractivity contribution in [1.29, 1.82) is 0 Å². The van der Waals surface area contributed by atoms with Crippen molar-refractivity contribution in [3.8, 4) is 0 Å². The Hall–Kier alpha value is -2.08. The Morgan fingerprint density at radius 1 is 1.32 bits per heavy atom. The molecular formula is C15H20ClN5O. The van der Waals surface area contributed by atoms with Gasteiger partial charge in [-0.3, -0.25) is 14.2 Å². The normalized spacial score (nSPS) is 11.3. The van der Waals surface area contributed by atoms with Crippen LogP contribution in [0.1, 0.15) is 25.1 Å². The molecule has 7 heteroatoms. The highest BCUT2D eigenvalue weighted by Gasteiger charge is 2.12. The number of hydrogen-bond donors (Lipinski definition) is 0. The number of aromatic nitrogens is 4. The SMILES string of the molecule is CCn1cc(/C=C/C(=O)N(C)Cc2nn(CC)cc2Cl)cn1. The predicted molar refractivity (Wildman–Crippen MR) is 86.3 cm³/mol. The van der Waals surface area contributed by atoms with Crippen LogP contribution in [-0.2, 0) is 24.4 Å². The lowest BCUT2D eigenvalue weighted by molar-refractivity contribution is -0.125. The number of hydrogen-bond acceptors (Lipinski definition) is 3. The number of amides is 1. The lowest BCUT2D eigenvalue weighted by Crippen LogP contribution is -2.24. The molecule has 2 heterocycles. The Balaban J connectivity index is 1.97. The molecule has 0 spiro atoms. The van der Waals surface area contributed by atoms with Gasteiger partial charge in [0.2, 0.25) is 5.91 Å². The lowest BCUT2D eigenvalue weighted by Gasteiger charge is -2.13. The molecule has 2 rings (SSSR count). The van der Waals surface area contributed by atoms with E-state index in [9.17, 15) is 4.79 Å². The predicted octanol–water partition coefficient (Wildman–Crippen LogP) is 2.44. The summed E-state index contributed by atoms with van der Waals surface area (Å²) in [5, 5.41) is 9.07. The molecule has 2 aromatic heterocycles. The summed E-state index contributed by atoms with van der Waals surface area (Å²) in [7, 11) is 1.73. The number of carbonyl (C=O) groups excluding carboxylic acids is 1. The van der Waals surface area contributed by atoms with Gasteiger partial charge in [-0.1, -0.05) is 11.6 Å². The van der Waals surface area contributed by atoms with Crippen LogP contribution >= 0.6 is 11.6 Å². The van der Waals surface area contributed by atoms with Crippen LogP contribution in [-0.4, -0.2) is 37.4 Å². The average Bonchev–Trinajstić information content (AvgIpc) is 3.11. The van der Waals surface area contributed by atoms with Crippen molar-refractivity contribution in [3.63, 3.8) is 0 Å². The third-order valence-electron chi connectivity index (χ3n) is 3.27. The van der Waals surface area contributed by atoms with E-state index in [1.165, 1.54) is 6.08 Å². The van der Waals surface area contributed by atoms with Crippen molar-refractivity contribution in [2.45, 2.75) is 33.5 Å². The fraction of sp³-hybridized carbons (Fsp3) is 0.400. The fourth-order valence-corrected chi connectivity index (χ4v) is 2.15. The Bertz CT molecular complexity index is 673. The number of rotatable bonds is 6. The maximum absolute atomic E-state index is 12.1. The van der Waals surface area contributed by atoms with Gasteiger partial charge in [-0.25, -0.2) is 0 Å². The van der Waals surface area contributed by atoms with Crippen LogP contribution in [0.5, 0.6) is 0 Å². The summed E-state index contributed by atoms with van der Waals surface area (Å²) in [5.41, 5.74) is 1.60. The topological polar surface area (TPSA) is 56.0 Å². The number of aryl methyl sites for hydroxylation is 2. The fourth-order valence-electron chi connectivity index (χ4n) is 1.94. The Kier molecular flexibility index (Phi) is 5.38. The minimum Gasteiger partial charge on any atom is -0.336 e. The van der Waals surface area contributed by atoms with Gasteiger partial charge in [0, 0.05) is 44.2 Å². The van der Waals surface area contributed by atoms with E-state index in [-0.39, 0.29) is 5.91 Å². The van der Waals surface area contributed by atoms with E-state index in [4.69, 9.17) is 11.6 Å². The molecule has 0 N–H and O–H groups in total. The second kappa shape index (κ2) is 7.26. The van der Waals surface area contributed by atoms with Gasteiger partial charge in [-0.05, 0) is 19.9 Å². The molecule has 0 aromatic carbocycles. The van der Waals surface area contributed by atoms with E-state index < -0.39 is 0 Å². The van der Waals surface area contributed by atoms with Gasteiger partial charge in [0.15, 0.2) is 0 Å². The summed E-state index contributed by atoms with van der Waals surface area (Å²) in [4.78, 5) is 13.7. The molecule has 2 aromatic rings. The number of halogens is 1. The Morgan fingerprint density at radius 2 is 2.05 bits per heavy atom. The third-order valence-corrected chi connectivity index (χ3v) is 3.59. The van der Waals surface area contributed by atoms with Crippen LogP contribution in [0, 0.1) is 0 Å². The van der Waals surface area contributed by atoms with E-state index >= 15 is 0 Å². The van der Waals surface area contributed by atoms with Gasteiger partial charge < -0.3 is 4.90 Å². The quantitative estimate of drug-likeness (QED) is 0.768. The molecule has 0 aliphatic heterocycles. The number of carbonyl (C=O) groups is 1. The van der Waals surface area contributed by atoms with Crippen molar-refractivity contribution < 1.29 is 4.79 Å². The first-order valence-electron chi connectivity index (χ1n) is 7.21. The summed E-state index contributed by atoms with van der Waals surface area (Å²) >= 11 is 6.11. The second-order valence-electron chi connectivity index (χ2n) is 4.94. The smallest absolute Gasteiger partial charge is 0.246 e. The molecule has 22 heavy (non-hydrogen) atoms. The van der Waals surface area contributed by atoms with Crippen molar-refractivity contribution in [2.24, 2.45) is 0 Å². The van der Waals surface area contributed by atoms with E-state index in [2.05, 4.69) is 10.2 Å². The molecule has 0 atom stereocenters. The van der Waals surface area contributed by atoms with E-state index in [1.54, 1.807) is 35.1 Å². The molecule has 1 amide bonds. The van der Waals surface area contributed by atoms with Crippen LogP contribution < -0.4 is 0 Å². The van der Waals surface area contributed by atoms with Gasteiger partial charge >= 0.3 is 0 Å². The van der Waals surface area contributed by atoms with Crippen molar-refractivity contribution >= 4 is 23.6 Å². The highest BCUT2D eigenvalue weighted by Crippen LogP contribution is 2.15. The van der Waals surface area contributed by atoms with Crippen LogP contribution in [0.3, 0.4) is 0 Å². The standard InChI is InChI=1S/C15H20ClN5O/c1-4-20-9-12(8-17-20)6-7-15(22)19(3)11-14-13(16)10-21(5-2)18-14/h6-10H,4-5,11H2,1-3H3/b7-6+. The molecule has 0 unspecified atom stereocenters. The van der Waals surface area contributed by atoms with Gasteiger partial charge in [0.25, 0.3) is 0 Å². The molecule has 0 aliphatic rings.